The summed E-state index contributed by atoms with van der Waals surface area (Å²) in [4.78, 5) is 25.1. The van der Waals surface area contributed by atoms with Crippen molar-refractivity contribution in [2.24, 2.45) is 11.8 Å². The molecular formula is C16H19F2NO3. The van der Waals surface area contributed by atoms with E-state index in [1.165, 1.54) is 17.9 Å². The van der Waals surface area contributed by atoms with Crippen molar-refractivity contribution < 1.29 is 23.5 Å². The van der Waals surface area contributed by atoms with E-state index in [9.17, 15) is 18.4 Å². The van der Waals surface area contributed by atoms with Crippen molar-refractivity contribution in [1.82, 2.24) is 4.90 Å². The van der Waals surface area contributed by atoms with Crippen LogP contribution in [0.3, 0.4) is 0 Å². The number of piperidine rings is 1. The van der Waals surface area contributed by atoms with Crippen LogP contribution in [0.25, 0.3) is 0 Å². The molecule has 4 nitrogen and oxygen atoms in total. The fraction of sp³-hybridized carbons (Fsp3) is 0.500. The molecule has 1 aromatic rings. The summed E-state index contributed by atoms with van der Waals surface area (Å²) in [5.41, 5.74) is -0.266. The zero-order valence-corrected chi connectivity index (χ0v) is 12.6. The van der Waals surface area contributed by atoms with E-state index in [1.54, 1.807) is 0 Å². The number of halogens is 2. The zero-order valence-electron chi connectivity index (χ0n) is 12.6. The number of likely N-dealkylation sites (tertiary alicyclic amines) is 1. The smallest absolute Gasteiger partial charge is 0.308 e. The molecule has 1 heterocycles. The maximum Gasteiger partial charge on any atom is 0.308 e. The minimum Gasteiger partial charge on any atom is -0.481 e. The zero-order chi connectivity index (χ0) is 16.4. The van der Waals surface area contributed by atoms with E-state index < -0.39 is 35.3 Å². The normalized spacial score (nSPS) is 23.2. The highest BCUT2D eigenvalue weighted by molar-refractivity contribution is 5.84. The van der Waals surface area contributed by atoms with Gasteiger partial charge in [-0.2, -0.15) is 0 Å². The number of hydrogen-bond acceptors (Lipinski definition) is 2. The van der Waals surface area contributed by atoms with E-state index in [2.05, 4.69) is 0 Å². The first-order chi connectivity index (χ1) is 10.3. The number of carboxylic acids is 1. The van der Waals surface area contributed by atoms with E-state index in [0.717, 1.165) is 12.1 Å². The Morgan fingerprint density at radius 2 is 1.86 bits per heavy atom. The monoisotopic (exact) mass is 311 g/mol. The summed E-state index contributed by atoms with van der Waals surface area (Å²) in [7, 11) is 0. The fourth-order valence-electron chi connectivity index (χ4n) is 3.03. The lowest BCUT2D eigenvalue weighted by Crippen LogP contribution is -2.47. The quantitative estimate of drug-likeness (QED) is 0.933. The minimum absolute atomic E-state index is 0.0384. The van der Waals surface area contributed by atoms with Gasteiger partial charge in [0.15, 0.2) is 0 Å². The van der Waals surface area contributed by atoms with Gasteiger partial charge in [-0.25, -0.2) is 8.78 Å². The highest BCUT2D eigenvalue weighted by atomic mass is 19.1. The molecule has 0 spiro atoms. The average molecular weight is 311 g/mol. The molecule has 1 amide bonds. The van der Waals surface area contributed by atoms with Crippen LogP contribution in [0, 0.1) is 23.5 Å². The molecule has 1 fully saturated rings. The van der Waals surface area contributed by atoms with Gasteiger partial charge in [0, 0.05) is 18.7 Å². The van der Waals surface area contributed by atoms with Gasteiger partial charge in [0.1, 0.15) is 11.6 Å². The number of amides is 1. The van der Waals surface area contributed by atoms with Gasteiger partial charge in [0.25, 0.3) is 0 Å². The number of carbonyl (C=O) groups is 2. The number of nitrogens with zero attached hydrogens (tertiary/aromatic N) is 1. The molecular weight excluding hydrogens is 292 g/mol. The number of rotatable bonds is 3. The molecule has 0 saturated carbocycles. The Morgan fingerprint density at radius 1 is 1.27 bits per heavy atom. The maximum atomic E-state index is 13.8. The Bertz CT molecular complexity index is 571. The molecule has 1 aliphatic rings. The second-order valence-electron chi connectivity index (χ2n) is 5.98. The molecule has 3 unspecified atom stereocenters. The van der Waals surface area contributed by atoms with E-state index in [0.29, 0.717) is 13.0 Å². The molecule has 1 saturated heterocycles. The lowest BCUT2D eigenvalue weighted by Gasteiger charge is -2.36. The number of benzene rings is 1. The third-order valence-corrected chi connectivity index (χ3v) is 4.12. The maximum absolute atomic E-state index is 13.8. The number of hydrogen-bond donors (Lipinski definition) is 1. The standard InChI is InChI=1S/C16H19F2NO3/c1-9-6-11(16(21)22)8-19(7-9)15(20)10(2)14-12(17)4-3-5-13(14)18/h3-5,9-11H,6-8H2,1-2H3,(H,21,22). The molecule has 1 aliphatic heterocycles. The first kappa shape index (κ1) is 16.4. The Morgan fingerprint density at radius 3 is 2.41 bits per heavy atom. The van der Waals surface area contributed by atoms with Gasteiger partial charge in [0.05, 0.1) is 11.8 Å². The first-order valence-electron chi connectivity index (χ1n) is 7.26. The molecule has 0 bridgehead atoms. The van der Waals surface area contributed by atoms with Gasteiger partial charge in [-0.1, -0.05) is 13.0 Å². The summed E-state index contributed by atoms with van der Waals surface area (Å²) in [6, 6.07) is 3.47. The summed E-state index contributed by atoms with van der Waals surface area (Å²) >= 11 is 0. The number of carbonyl (C=O) groups excluding carboxylic acids is 1. The van der Waals surface area contributed by atoms with E-state index in [1.807, 2.05) is 6.92 Å². The van der Waals surface area contributed by atoms with Crippen molar-refractivity contribution in [1.29, 1.82) is 0 Å². The number of carboxylic acid groups (broad SMARTS) is 1. The van der Waals surface area contributed by atoms with Crippen molar-refractivity contribution in [3.05, 3.63) is 35.4 Å². The molecule has 3 atom stereocenters. The second kappa shape index (κ2) is 6.42. The van der Waals surface area contributed by atoms with Crippen molar-refractivity contribution in [2.45, 2.75) is 26.2 Å². The number of aliphatic carboxylic acids is 1. The van der Waals surface area contributed by atoms with Crippen LogP contribution in [-0.2, 0) is 9.59 Å². The van der Waals surface area contributed by atoms with Gasteiger partial charge in [-0.05, 0) is 31.4 Å². The largest absolute Gasteiger partial charge is 0.481 e. The van der Waals surface area contributed by atoms with Crippen LogP contribution >= 0.6 is 0 Å². The summed E-state index contributed by atoms with van der Waals surface area (Å²) < 4.78 is 27.6. The van der Waals surface area contributed by atoms with Crippen LogP contribution in [0.2, 0.25) is 0 Å². The van der Waals surface area contributed by atoms with Crippen molar-refractivity contribution in [3.8, 4) is 0 Å². The fourth-order valence-corrected chi connectivity index (χ4v) is 3.03. The van der Waals surface area contributed by atoms with Crippen LogP contribution in [0.15, 0.2) is 18.2 Å². The topological polar surface area (TPSA) is 57.6 Å². The van der Waals surface area contributed by atoms with Gasteiger partial charge < -0.3 is 10.0 Å². The third-order valence-electron chi connectivity index (χ3n) is 4.12. The molecule has 1 N–H and O–H groups in total. The Hall–Kier alpha value is -1.98. The molecule has 1 aromatic carbocycles. The van der Waals surface area contributed by atoms with Gasteiger partial charge in [-0.3, -0.25) is 9.59 Å². The van der Waals surface area contributed by atoms with Gasteiger partial charge >= 0.3 is 5.97 Å². The molecule has 2 rings (SSSR count). The Labute approximate surface area is 127 Å². The van der Waals surface area contributed by atoms with Crippen LogP contribution < -0.4 is 0 Å². The molecule has 120 valence electrons. The molecule has 6 heteroatoms. The summed E-state index contributed by atoms with van der Waals surface area (Å²) in [6.45, 7) is 3.80. The molecule has 0 aromatic heterocycles. The van der Waals surface area contributed by atoms with Gasteiger partial charge in [-0.15, -0.1) is 0 Å². The Kier molecular flexibility index (Phi) is 4.78. The molecule has 0 aliphatic carbocycles. The van der Waals surface area contributed by atoms with Crippen molar-refractivity contribution in [2.75, 3.05) is 13.1 Å². The van der Waals surface area contributed by atoms with Crippen molar-refractivity contribution >= 4 is 11.9 Å². The van der Waals surface area contributed by atoms with E-state index in [4.69, 9.17) is 5.11 Å². The lowest BCUT2D eigenvalue weighted by molar-refractivity contribution is -0.147. The summed E-state index contributed by atoms with van der Waals surface area (Å²) in [5.74, 6) is -4.50. The highest BCUT2D eigenvalue weighted by Gasteiger charge is 2.35. The van der Waals surface area contributed by atoms with Crippen LogP contribution in [-0.4, -0.2) is 35.0 Å². The third kappa shape index (κ3) is 3.26. The lowest BCUT2D eigenvalue weighted by atomic mass is 9.89. The Balaban J connectivity index is 2.21. The average Bonchev–Trinajstić information content (AvgIpc) is 2.45. The van der Waals surface area contributed by atoms with E-state index in [-0.39, 0.29) is 18.0 Å². The summed E-state index contributed by atoms with van der Waals surface area (Å²) in [5, 5.41) is 9.14. The highest BCUT2D eigenvalue weighted by Crippen LogP contribution is 2.28. The molecule has 22 heavy (non-hydrogen) atoms. The van der Waals surface area contributed by atoms with Gasteiger partial charge in [0.2, 0.25) is 5.91 Å². The predicted molar refractivity (Wildman–Crippen MR) is 76.3 cm³/mol. The first-order valence-corrected chi connectivity index (χ1v) is 7.26. The van der Waals surface area contributed by atoms with E-state index >= 15 is 0 Å². The summed E-state index contributed by atoms with van der Waals surface area (Å²) in [6.07, 6.45) is 0.502. The van der Waals surface area contributed by atoms with Crippen LogP contribution in [0.4, 0.5) is 8.78 Å². The predicted octanol–water partition coefficient (Wildman–Crippen LogP) is 2.64. The van der Waals surface area contributed by atoms with Crippen molar-refractivity contribution in [3.63, 3.8) is 0 Å². The second-order valence-corrected chi connectivity index (χ2v) is 5.98. The van der Waals surface area contributed by atoms with Crippen LogP contribution in [0.5, 0.6) is 0 Å². The SMILES string of the molecule is CC1CC(C(=O)O)CN(C(=O)C(C)c2c(F)cccc2F)C1. The minimum atomic E-state index is -0.985. The molecule has 0 radical (unpaired) electrons. The van der Waals surface area contributed by atoms with Crippen LogP contribution in [0.1, 0.15) is 31.7 Å².